The van der Waals surface area contributed by atoms with E-state index in [-0.39, 0.29) is 6.54 Å². The molecule has 2 N–H and O–H groups in total. The fraction of sp³-hybridized carbons (Fsp3) is 0.125. The maximum atomic E-state index is 12.0. The number of para-hydroxylation sites is 1. The van der Waals surface area contributed by atoms with Gasteiger partial charge < -0.3 is 10.1 Å². The van der Waals surface area contributed by atoms with Gasteiger partial charge in [0, 0.05) is 6.20 Å². The molecule has 0 unspecified atom stereocenters. The van der Waals surface area contributed by atoms with Crippen molar-refractivity contribution < 1.29 is 14.3 Å². The van der Waals surface area contributed by atoms with Crippen molar-refractivity contribution in [2.75, 3.05) is 13.7 Å². The van der Waals surface area contributed by atoms with Crippen LogP contribution in [0.3, 0.4) is 0 Å². The summed E-state index contributed by atoms with van der Waals surface area (Å²) in [5, 5.41) is 6.26. The van der Waals surface area contributed by atoms with Gasteiger partial charge in [-0.05, 0) is 24.3 Å². The number of nitrogens with one attached hydrogen (secondary N) is 2. The third-order valence-corrected chi connectivity index (χ3v) is 2.83. The van der Waals surface area contributed by atoms with Crippen LogP contribution < -0.4 is 15.5 Å². The maximum absolute atomic E-state index is 12.0. The zero-order valence-corrected chi connectivity index (χ0v) is 12.5. The predicted octanol–water partition coefficient (Wildman–Crippen LogP) is 0.970. The van der Waals surface area contributed by atoms with Crippen LogP contribution in [0.4, 0.5) is 0 Å². The van der Waals surface area contributed by atoms with E-state index in [4.69, 9.17) is 4.74 Å². The molecule has 0 radical (unpaired) electrons. The third-order valence-electron chi connectivity index (χ3n) is 2.83. The molecule has 1 heterocycles. The van der Waals surface area contributed by atoms with Gasteiger partial charge in [0.1, 0.15) is 5.75 Å². The summed E-state index contributed by atoms with van der Waals surface area (Å²) < 4.78 is 5.10. The minimum Gasteiger partial charge on any atom is -0.496 e. The van der Waals surface area contributed by atoms with Crippen molar-refractivity contribution in [2.45, 2.75) is 0 Å². The van der Waals surface area contributed by atoms with E-state index in [1.165, 1.54) is 13.3 Å². The Hall–Kier alpha value is -3.22. The first-order valence-corrected chi connectivity index (χ1v) is 6.85. The van der Waals surface area contributed by atoms with Gasteiger partial charge in [-0.15, -0.1) is 0 Å². The van der Waals surface area contributed by atoms with Crippen molar-refractivity contribution in [2.24, 2.45) is 5.10 Å². The number of aromatic nitrogens is 1. The van der Waals surface area contributed by atoms with E-state index in [1.54, 1.807) is 42.6 Å². The number of ether oxygens (including phenoxy) is 1. The van der Waals surface area contributed by atoms with Gasteiger partial charge in [-0.3, -0.25) is 14.6 Å². The predicted molar refractivity (Wildman–Crippen MR) is 85.3 cm³/mol. The smallest absolute Gasteiger partial charge is 0.259 e. The second kappa shape index (κ2) is 8.28. The monoisotopic (exact) mass is 312 g/mol. The van der Waals surface area contributed by atoms with Crippen LogP contribution in [0.1, 0.15) is 16.1 Å². The van der Waals surface area contributed by atoms with Crippen LogP contribution >= 0.6 is 0 Å². The summed E-state index contributed by atoms with van der Waals surface area (Å²) in [6, 6.07) is 12.1. The minimum atomic E-state index is -0.444. The zero-order chi connectivity index (χ0) is 16.5. The number of benzene rings is 1. The van der Waals surface area contributed by atoms with E-state index >= 15 is 0 Å². The largest absolute Gasteiger partial charge is 0.496 e. The molecule has 23 heavy (non-hydrogen) atoms. The number of carbonyl (C=O) groups excluding carboxylic acids is 2. The summed E-state index contributed by atoms with van der Waals surface area (Å²) in [6.45, 7) is -0.198. The van der Waals surface area contributed by atoms with E-state index in [0.717, 1.165) is 0 Å². The van der Waals surface area contributed by atoms with E-state index < -0.39 is 11.8 Å². The first kappa shape index (κ1) is 16.2. The molecule has 118 valence electrons. The number of hydrogen-bond donors (Lipinski definition) is 2. The molecule has 2 aromatic rings. The zero-order valence-electron chi connectivity index (χ0n) is 12.5. The van der Waals surface area contributed by atoms with Crippen molar-refractivity contribution in [3.63, 3.8) is 0 Å². The fourth-order valence-corrected chi connectivity index (χ4v) is 1.75. The highest BCUT2D eigenvalue weighted by Crippen LogP contribution is 2.16. The topological polar surface area (TPSA) is 92.7 Å². The normalized spacial score (nSPS) is 10.3. The fourth-order valence-electron chi connectivity index (χ4n) is 1.75. The first-order chi connectivity index (χ1) is 11.2. The van der Waals surface area contributed by atoms with Gasteiger partial charge in [0.15, 0.2) is 0 Å². The number of carbonyl (C=O) groups is 2. The number of hydrazone groups is 1. The highest BCUT2D eigenvalue weighted by atomic mass is 16.5. The SMILES string of the molecule is COc1ccccc1C(=O)NCC(=O)NN=Cc1ccccn1. The Balaban J connectivity index is 1.82. The van der Waals surface area contributed by atoms with Gasteiger partial charge in [-0.2, -0.15) is 5.10 Å². The van der Waals surface area contributed by atoms with Gasteiger partial charge >= 0.3 is 0 Å². The highest BCUT2D eigenvalue weighted by molar-refractivity contribution is 5.98. The Morgan fingerprint density at radius 1 is 1.22 bits per heavy atom. The van der Waals surface area contributed by atoms with Crippen LogP contribution in [0.15, 0.2) is 53.8 Å². The van der Waals surface area contributed by atoms with Gasteiger partial charge in [0.25, 0.3) is 11.8 Å². The molecular weight excluding hydrogens is 296 g/mol. The standard InChI is InChI=1S/C16H16N4O3/c1-23-14-8-3-2-7-13(14)16(22)18-11-15(21)20-19-10-12-6-4-5-9-17-12/h2-10H,11H2,1H3,(H,18,22)(H,20,21). The summed E-state index contributed by atoms with van der Waals surface area (Å²) in [5.41, 5.74) is 3.29. The molecule has 0 saturated carbocycles. The Morgan fingerprint density at radius 2 is 2.00 bits per heavy atom. The summed E-state index contributed by atoms with van der Waals surface area (Å²) in [7, 11) is 1.48. The number of pyridine rings is 1. The number of rotatable bonds is 6. The van der Waals surface area contributed by atoms with E-state index in [0.29, 0.717) is 17.0 Å². The molecule has 0 atom stereocenters. The van der Waals surface area contributed by atoms with Crippen molar-refractivity contribution in [1.82, 2.24) is 15.7 Å². The molecule has 0 spiro atoms. The van der Waals surface area contributed by atoms with Crippen molar-refractivity contribution in [3.8, 4) is 5.75 Å². The molecule has 2 amide bonds. The summed E-state index contributed by atoms with van der Waals surface area (Å²) in [5.74, 6) is -0.398. The van der Waals surface area contributed by atoms with Crippen LogP contribution in [0.5, 0.6) is 5.75 Å². The minimum absolute atomic E-state index is 0.198. The van der Waals surface area contributed by atoms with Crippen molar-refractivity contribution in [1.29, 1.82) is 0 Å². The summed E-state index contributed by atoms with van der Waals surface area (Å²) in [6.07, 6.45) is 3.04. The lowest BCUT2D eigenvalue weighted by atomic mass is 10.2. The van der Waals surface area contributed by atoms with Gasteiger partial charge in [-0.25, -0.2) is 5.43 Å². The molecular formula is C16H16N4O3. The molecule has 0 aliphatic rings. The van der Waals surface area contributed by atoms with Crippen LogP contribution in [-0.2, 0) is 4.79 Å². The first-order valence-electron chi connectivity index (χ1n) is 6.85. The quantitative estimate of drug-likeness (QED) is 0.614. The molecule has 2 rings (SSSR count). The molecule has 0 saturated heterocycles. The molecule has 0 fully saturated rings. The average Bonchev–Trinajstić information content (AvgIpc) is 2.60. The third kappa shape index (κ3) is 4.92. The number of methoxy groups -OCH3 is 1. The lowest BCUT2D eigenvalue weighted by Gasteiger charge is -2.08. The van der Waals surface area contributed by atoms with E-state index in [2.05, 4.69) is 20.8 Å². The Morgan fingerprint density at radius 3 is 2.74 bits per heavy atom. The Bertz CT molecular complexity index is 701. The van der Waals surface area contributed by atoms with Crippen LogP contribution in [0.2, 0.25) is 0 Å². The second-order valence-electron chi connectivity index (χ2n) is 4.43. The molecule has 1 aromatic carbocycles. The number of amides is 2. The molecule has 0 aliphatic heterocycles. The lowest BCUT2D eigenvalue weighted by molar-refractivity contribution is -0.120. The van der Waals surface area contributed by atoms with Crippen LogP contribution in [0, 0.1) is 0 Å². The maximum Gasteiger partial charge on any atom is 0.259 e. The number of nitrogens with zero attached hydrogens (tertiary/aromatic N) is 2. The summed E-state index contributed by atoms with van der Waals surface area (Å²) in [4.78, 5) is 27.7. The average molecular weight is 312 g/mol. The van der Waals surface area contributed by atoms with Crippen molar-refractivity contribution in [3.05, 3.63) is 59.9 Å². The van der Waals surface area contributed by atoms with Crippen LogP contribution in [0.25, 0.3) is 0 Å². The van der Waals surface area contributed by atoms with Gasteiger partial charge in [0.05, 0.1) is 31.1 Å². The van der Waals surface area contributed by atoms with Gasteiger partial charge in [-0.1, -0.05) is 18.2 Å². The van der Waals surface area contributed by atoms with Crippen LogP contribution in [-0.4, -0.2) is 36.7 Å². The second-order valence-corrected chi connectivity index (χ2v) is 4.43. The molecule has 7 heteroatoms. The Labute approximate surface area is 133 Å². The summed E-state index contributed by atoms with van der Waals surface area (Å²) >= 11 is 0. The molecule has 0 aliphatic carbocycles. The molecule has 7 nitrogen and oxygen atoms in total. The molecule has 0 bridgehead atoms. The van der Waals surface area contributed by atoms with E-state index in [1.807, 2.05) is 6.07 Å². The highest BCUT2D eigenvalue weighted by Gasteiger charge is 2.12. The number of hydrogen-bond acceptors (Lipinski definition) is 5. The van der Waals surface area contributed by atoms with Gasteiger partial charge in [0.2, 0.25) is 0 Å². The molecule has 1 aromatic heterocycles. The Kier molecular flexibility index (Phi) is 5.81. The van der Waals surface area contributed by atoms with Crippen molar-refractivity contribution >= 4 is 18.0 Å². The lowest BCUT2D eigenvalue weighted by Crippen LogP contribution is -2.35. The van der Waals surface area contributed by atoms with E-state index in [9.17, 15) is 9.59 Å².